The zero-order valence-corrected chi connectivity index (χ0v) is 18.2. The molecule has 4 nitrogen and oxygen atoms in total. The summed E-state index contributed by atoms with van der Waals surface area (Å²) in [5.41, 5.74) is 11.7. The van der Waals surface area contributed by atoms with E-state index in [1.54, 1.807) is 18.2 Å². The molecule has 5 heteroatoms. The minimum absolute atomic E-state index is 0.329. The summed E-state index contributed by atoms with van der Waals surface area (Å²) in [7, 11) is 1.92. The average Bonchev–Trinajstić information content (AvgIpc) is 3.30. The fraction of sp³-hybridized carbons (Fsp3) is 0.148. The number of nitrogens with one attached hydrogen (secondary N) is 1. The summed E-state index contributed by atoms with van der Waals surface area (Å²) in [4.78, 5) is 6.88. The molecule has 0 fully saturated rings. The highest BCUT2D eigenvalue weighted by Gasteiger charge is 2.21. The van der Waals surface area contributed by atoms with Gasteiger partial charge < -0.3 is 16.0 Å². The van der Waals surface area contributed by atoms with Gasteiger partial charge in [-0.25, -0.2) is 9.38 Å². The molecular weight excluding hydrogens is 399 g/mol. The number of aliphatic imine (C=N–C) groups is 1. The Hall–Kier alpha value is -3.86. The largest absolute Gasteiger partial charge is 0.399 e. The fourth-order valence-electron chi connectivity index (χ4n) is 3.82. The molecule has 0 amide bonds. The maximum atomic E-state index is 14.6. The first kappa shape index (κ1) is 21.4. The maximum Gasteiger partial charge on any atom is 0.152 e. The highest BCUT2D eigenvalue weighted by Crippen LogP contribution is 2.28. The van der Waals surface area contributed by atoms with Crippen molar-refractivity contribution in [2.45, 2.75) is 19.3 Å². The maximum absolute atomic E-state index is 14.6. The fourth-order valence-corrected chi connectivity index (χ4v) is 3.82. The zero-order valence-electron chi connectivity index (χ0n) is 18.2. The summed E-state index contributed by atoms with van der Waals surface area (Å²) in [6.45, 7) is 3.97. The van der Waals surface area contributed by atoms with Crippen LogP contribution in [0.2, 0.25) is 0 Å². The molecule has 0 radical (unpaired) electrons. The topological polar surface area (TPSA) is 53.6 Å². The van der Waals surface area contributed by atoms with Crippen molar-refractivity contribution < 1.29 is 4.39 Å². The minimum atomic E-state index is -0.329. The van der Waals surface area contributed by atoms with E-state index >= 15 is 0 Å². The van der Waals surface area contributed by atoms with Crippen molar-refractivity contribution in [1.82, 2.24) is 10.2 Å². The van der Waals surface area contributed by atoms with Crippen LogP contribution in [0, 0.1) is 5.82 Å². The lowest BCUT2D eigenvalue weighted by Crippen LogP contribution is -2.28. The van der Waals surface area contributed by atoms with Crippen LogP contribution in [0.25, 0.3) is 5.70 Å². The average molecular weight is 427 g/mol. The van der Waals surface area contributed by atoms with E-state index in [2.05, 4.69) is 42.3 Å². The van der Waals surface area contributed by atoms with Crippen LogP contribution >= 0.6 is 0 Å². The lowest BCUT2D eigenvalue weighted by atomic mass is 10.1. The van der Waals surface area contributed by atoms with Crippen LogP contribution < -0.4 is 11.1 Å². The summed E-state index contributed by atoms with van der Waals surface area (Å²) in [6, 6.07) is 14.7. The van der Waals surface area contributed by atoms with E-state index in [0.29, 0.717) is 23.4 Å². The molecule has 0 atom stereocenters. The standard InChI is InChI=1S/C27H27FN4/c1-3-22(15-19-11-7-8-12-19)30-27-25(16-20-9-5-4-6-10-20)31-26(18-32(27)2)23-17-21(29)13-14-24(23)28/h3-11,13-14,17-18,31H,1,12,15-16,29H2,2H3. The number of nitrogens with two attached hydrogens (primary N) is 1. The van der Waals surface area contributed by atoms with Crippen LogP contribution in [0.15, 0.2) is 108 Å². The van der Waals surface area contributed by atoms with E-state index in [-0.39, 0.29) is 5.82 Å². The van der Waals surface area contributed by atoms with E-state index < -0.39 is 0 Å². The third kappa shape index (κ3) is 4.89. The SMILES string of the molecule is C=CC(CC1=CC=CC1)=NC1=C(Cc2ccccc2)NC(c2cc(N)ccc2F)=CN1C. The van der Waals surface area contributed by atoms with Gasteiger partial charge in [0.1, 0.15) is 5.82 Å². The molecule has 0 saturated heterocycles. The van der Waals surface area contributed by atoms with Gasteiger partial charge in [-0.3, -0.25) is 0 Å². The van der Waals surface area contributed by atoms with E-state index in [1.807, 2.05) is 36.3 Å². The van der Waals surface area contributed by atoms with Crippen molar-refractivity contribution in [1.29, 1.82) is 0 Å². The van der Waals surface area contributed by atoms with Gasteiger partial charge in [0.05, 0.1) is 11.4 Å². The number of hydrogen-bond donors (Lipinski definition) is 2. The van der Waals surface area contributed by atoms with Gasteiger partial charge in [0.15, 0.2) is 5.82 Å². The van der Waals surface area contributed by atoms with Gasteiger partial charge in [0.25, 0.3) is 0 Å². The first-order valence-electron chi connectivity index (χ1n) is 10.6. The second-order valence-corrected chi connectivity index (χ2v) is 7.92. The molecule has 2 aromatic rings. The van der Waals surface area contributed by atoms with Crippen LogP contribution in [0.5, 0.6) is 0 Å². The third-order valence-corrected chi connectivity index (χ3v) is 5.46. The van der Waals surface area contributed by atoms with Gasteiger partial charge in [-0.2, -0.15) is 0 Å². The Labute approximate surface area is 188 Å². The van der Waals surface area contributed by atoms with E-state index in [4.69, 9.17) is 10.7 Å². The highest BCUT2D eigenvalue weighted by atomic mass is 19.1. The van der Waals surface area contributed by atoms with Crippen LogP contribution in [0.3, 0.4) is 0 Å². The summed E-state index contributed by atoms with van der Waals surface area (Å²) in [5.74, 6) is 0.452. The summed E-state index contributed by atoms with van der Waals surface area (Å²) in [5, 5.41) is 3.43. The van der Waals surface area contributed by atoms with Crippen molar-refractivity contribution in [3.63, 3.8) is 0 Å². The molecule has 2 aromatic carbocycles. The number of hydrogen-bond acceptors (Lipinski definition) is 4. The second kappa shape index (κ2) is 9.52. The van der Waals surface area contributed by atoms with Crippen molar-refractivity contribution in [3.8, 4) is 0 Å². The van der Waals surface area contributed by atoms with Gasteiger partial charge in [-0.15, -0.1) is 0 Å². The molecule has 3 N–H and O–H groups in total. The number of allylic oxidation sites excluding steroid dienone is 6. The molecule has 4 rings (SSSR count). The number of nitrogen functional groups attached to an aromatic ring is 1. The predicted molar refractivity (Wildman–Crippen MR) is 131 cm³/mol. The number of rotatable bonds is 7. The Bertz CT molecular complexity index is 1170. The first-order valence-corrected chi connectivity index (χ1v) is 10.6. The molecule has 1 heterocycles. The first-order chi connectivity index (χ1) is 15.5. The molecular formula is C27H27FN4. The Morgan fingerprint density at radius 3 is 2.78 bits per heavy atom. The molecule has 0 unspecified atom stereocenters. The molecule has 0 saturated carbocycles. The summed E-state index contributed by atoms with van der Waals surface area (Å²) >= 11 is 0. The Kier molecular flexibility index (Phi) is 6.36. The highest BCUT2D eigenvalue weighted by molar-refractivity contribution is 5.97. The molecule has 0 spiro atoms. The van der Waals surface area contributed by atoms with Crippen molar-refractivity contribution >= 4 is 17.1 Å². The summed E-state index contributed by atoms with van der Waals surface area (Å²) in [6.07, 6.45) is 12.3. The molecule has 2 aliphatic rings. The van der Waals surface area contributed by atoms with E-state index in [1.165, 1.54) is 11.6 Å². The van der Waals surface area contributed by atoms with Gasteiger partial charge in [0, 0.05) is 43.1 Å². The molecule has 162 valence electrons. The quantitative estimate of drug-likeness (QED) is 0.450. The Morgan fingerprint density at radius 2 is 2.06 bits per heavy atom. The molecule has 32 heavy (non-hydrogen) atoms. The predicted octanol–water partition coefficient (Wildman–Crippen LogP) is 5.56. The van der Waals surface area contributed by atoms with Crippen molar-refractivity contribution in [2.75, 3.05) is 12.8 Å². The lowest BCUT2D eigenvalue weighted by Gasteiger charge is -2.29. The van der Waals surface area contributed by atoms with Gasteiger partial charge in [-0.1, -0.05) is 60.7 Å². The van der Waals surface area contributed by atoms with Crippen molar-refractivity contribution in [3.05, 3.63) is 120 Å². The third-order valence-electron chi connectivity index (χ3n) is 5.46. The number of halogens is 1. The molecule has 0 aromatic heterocycles. The molecule has 1 aliphatic carbocycles. The van der Waals surface area contributed by atoms with Gasteiger partial charge in [0.2, 0.25) is 0 Å². The Morgan fingerprint density at radius 1 is 1.25 bits per heavy atom. The van der Waals surface area contributed by atoms with Gasteiger partial charge >= 0.3 is 0 Å². The van der Waals surface area contributed by atoms with E-state index in [9.17, 15) is 4.39 Å². The zero-order chi connectivity index (χ0) is 22.5. The van der Waals surface area contributed by atoms with Crippen LogP contribution in [-0.4, -0.2) is 17.7 Å². The Balaban J connectivity index is 1.72. The second-order valence-electron chi connectivity index (χ2n) is 7.92. The number of anilines is 1. The van der Waals surface area contributed by atoms with Crippen molar-refractivity contribution in [2.24, 2.45) is 4.99 Å². The number of benzene rings is 2. The molecule has 1 aliphatic heterocycles. The monoisotopic (exact) mass is 426 g/mol. The normalized spacial score (nSPS) is 16.1. The van der Waals surface area contributed by atoms with Crippen LogP contribution in [-0.2, 0) is 6.42 Å². The lowest BCUT2D eigenvalue weighted by molar-refractivity contribution is 0.529. The minimum Gasteiger partial charge on any atom is -0.399 e. The smallest absolute Gasteiger partial charge is 0.152 e. The van der Waals surface area contributed by atoms with Crippen LogP contribution in [0.1, 0.15) is 24.0 Å². The molecule has 0 bridgehead atoms. The van der Waals surface area contributed by atoms with E-state index in [0.717, 1.165) is 35.6 Å². The van der Waals surface area contributed by atoms with Gasteiger partial charge in [-0.05, 0) is 36.3 Å². The number of nitrogens with zero attached hydrogens (tertiary/aromatic N) is 2. The summed E-state index contributed by atoms with van der Waals surface area (Å²) < 4.78 is 14.6. The van der Waals surface area contributed by atoms with Crippen LogP contribution in [0.4, 0.5) is 10.1 Å².